The molecule has 2 aromatic rings. The SMILES string of the molecule is CC(=O)NCCNc1ccc2nccnc2n1. The van der Waals surface area contributed by atoms with Crippen LogP contribution in [0.2, 0.25) is 0 Å². The minimum atomic E-state index is -0.0378. The predicted molar refractivity (Wildman–Crippen MR) is 64.5 cm³/mol. The maximum atomic E-state index is 10.7. The average molecular weight is 231 g/mol. The molecule has 0 spiro atoms. The lowest BCUT2D eigenvalue weighted by Gasteiger charge is -2.06. The van der Waals surface area contributed by atoms with E-state index in [1.165, 1.54) is 6.92 Å². The van der Waals surface area contributed by atoms with Crippen molar-refractivity contribution in [1.82, 2.24) is 20.3 Å². The lowest BCUT2D eigenvalue weighted by molar-refractivity contribution is -0.118. The van der Waals surface area contributed by atoms with Crippen molar-refractivity contribution in [2.75, 3.05) is 18.4 Å². The van der Waals surface area contributed by atoms with E-state index in [1.54, 1.807) is 12.4 Å². The molecule has 0 atom stereocenters. The van der Waals surface area contributed by atoms with Gasteiger partial charge in [0.05, 0.1) is 0 Å². The molecule has 2 rings (SSSR count). The Hall–Kier alpha value is -2.24. The van der Waals surface area contributed by atoms with Crippen molar-refractivity contribution in [3.63, 3.8) is 0 Å². The highest BCUT2D eigenvalue weighted by Crippen LogP contribution is 2.09. The lowest BCUT2D eigenvalue weighted by Crippen LogP contribution is -2.26. The fourth-order valence-electron chi connectivity index (χ4n) is 1.38. The van der Waals surface area contributed by atoms with E-state index in [-0.39, 0.29) is 5.91 Å². The first-order chi connectivity index (χ1) is 8.25. The van der Waals surface area contributed by atoms with Gasteiger partial charge in [0.1, 0.15) is 11.3 Å². The normalized spacial score (nSPS) is 10.2. The van der Waals surface area contributed by atoms with E-state index in [1.807, 2.05) is 12.1 Å². The van der Waals surface area contributed by atoms with Crippen molar-refractivity contribution >= 4 is 22.9 Å². The zero-order valence-corrected chi connectivity index (χ0v) is 9.47. The van der Waals surface area contributed by atoms with Gasteiger partial charge in [0, 0.05) is 32.4 Å². The van der Waals surface area contributed by atoms with E-state index >= 15 is 0 Å². The van der Waals surface area contributed by atoms with E-state index in [0.717, 1.165) is 11.3 Å². The second-order valence-electron chi connectivity index (χ2n) is 3.51. The molecule has 0 aliphatic rings. The number of hydrogen-bond acceptors (Lipinski definition) is 5. The second kappa shape index (κ2) is 5.20. The van der Waals surface area contributed by atoms with Crippen LogP contribution in [-0.4, -0.2) is 33.9 Å². The average Bonchev–Trinajstić information content (AvgIpc) is 2.34. The molecule has 0 radical (unpaired) electrons. The summed E-state index contributed by atoms with van der Waals surface area (Å²) in [6.07, 6.45) is 3.24. The molecular weight excluding hydrogens is 218 g/mol. The molecule has 6 nitrogen and oxygen atoms in total. The molecular formula is C11H13N5O. The zero-order chi connectivity index (χ0) is 12.1. The third kappa shape index (κ3) is 3.10. The Kier molecular flexibility index (Phi) is 3.44. The van der Waals surface area contributed by atoms with Gasteiger partial charge in [0.2, 0.25) is 5.91 Å². The Morgan fingerprint density at radius 2 is 2.06 bits per heavy atom. The van der Waals surface area contributed by atoms with Crippen molar-refractivity contribution in [2.24, 2.45) is 0 Å². The first-order valence-electron chi connectivity index (χ1n) is 5.32. The Morgan fingerprint density at radius 3 is 2.88 bits per heavy atom. The van der Waals surface area contributed by atoms with E-state index in [0.29, 0.717) is 18.7 Å². The summed E-state index contributed by atoms with van der Waals surface area (Å²) in [5.41, 5.74) is 1.37. The molecule has 2 heterocycles. The molecule has 2 N–H and O–H groups in total. The number of rotatable bonds is 4. The van der Waals surface area contributed by atoms with Gasteiger partial charge in [0.25, 0.3) is 0 Å². The third-order valence-electron chi connectivity index (χ3n) is 2.14. The van der Waals surface area contributed by atoms with Gasteiger partial charge in [-0.2, -0.15) is 0 Å². The van der Waals surface area contributed by atoms with Crippen molar-refractivity contribution in [3.8, 4) is 0 Å². The maximum Gasteiger partial charge on any atom is 0.216 e. The largest absolute Gasteiger partial charge is 0.368 e. The zero-order valence-electron chi connectivity index (χ0n) is 9.47. The Bertz CT molecular complexity index is 528. The van der Waals surface area contributed by atoms with Crippen LogP contribution in [0.4, 0.5) is 5.82 Å². The fourth-order valence-corrected chi connectivity index (χ4v) is 1.38. The summed E-state index contributed by atoms with van der Waals surface area (Å²) in [5, 5.41) is 5.79. The van der Waals surface area contributed by atoms with Crippen LogP contribution in [-0.2, 0) is 4.79 Å². The standard InChI is InChI=1S/C11H13N5O/c1-8(17)12-4-6-14-10-3-2-9-11(16-10)15-7-5-13-9/h2-3,5,7H,4,6H2,1H3,(H,12,17)(H,14,15,16). The van der Waals surface area contributed by atoms with Crippen LogP contribution in [0.5, 0.6) is 0 Å². The first kappa shape index (κ1) is 11.3. The number of carbonyl (C=O) groups excluding carboxylic acids is 1. The number of nitrogens with one attached hydrogen (secondary N) is 2. The van der Waals surface area contributed by atoms with Gasteiger partial charge >= 0.3 is 0 Å². The van der Waals surface area contributed by atoms with Crippen LogP contribution in [0.25, 0.3) is 11.2 Å². The summed E-state index contributed by atoms with van der Waals surface area (Å²) in [6, 6.07) is 3.70. The monoisotopic (exact) mass is 231 g/mol. The number of amides is 1. The van der Waals surface area contributed by atoms with Gasteiger partial charge in [-0.1, -0.05) is 0 Å². The Morgan fingerprint density at radius 1 is 1.24 bits per heavy atom. The lowest BCUT2D eigenvalue weighted by atomic mass is 10.4. The van der Waals surface area contributed by atoms with E-state index in [9.17, 15) is 4.79 Å². The highest BCUT2D eigenvalue weighted by Gasteiger charge is 1.99. The van der Waals surface area contributed by atoms with Crippen molar-refractivity contribution in [2.45, 2.75) is 6.92 Å². The van der Waals surface area contributed by atoms with Gasteiger partial charge in [0.15, 0.2) is 5.65 Å². The molecule has 2 aromatic heterocycles. The fraction of sp³-hybridized carbons (Fsp3) is 0.273. The van der Waals surface area contributed by atoms with Gasteiger partial charge in [-0.25, -0.2) is 9.97 Å². The first-order valence-corrected chi connectivity index (χ1v) is 5.32. The smallest absolute Gasteiger partial charge is 0.216 e. The summed E-state index contributed by atoms with van der Waals surface area (Å²) < 4.78 is 0. The van der Waals surface area contributed by atoms with Crippen LogP contribution >= 0.6 is 0 Å². The van der Waals surface area contributed by atoms with Crippen LogP contribution < -0.4 is 10.6 Å². The van der Waals surface area contributed by atoms with Crippen molar-refractivity contribution < 1.29 is 4.79 Å². The van der Waals surface area contributed by atoms with Crippen molar-refractivity contribution in [1.29, 1.82) is 0 Å². The molecule has 0 fully saturated rings. The molecule has 0 aliphatic heterocycles. The summed E-state index contributed by atoms with van der Waals surface area (Å²) in [7, 11) is 0. The minimum Gasteiger partial charge on any atom is -0.368 e. The maximum absolute atomic E-state index is 10.7. The minimum absolute atomic E-state index is 0.0378. The molecule has 0 bridgehead atoms. The van der Waals surface area contributed by atoms with Crippen LogP contribution in [0.15, 0.2) is 24.5 Å². The van der Waals surface area contributed by atoms with E-state index < -0.39 is 0 Å². The van der Waals surface area contributed by atoms with Crippen LogP contribution in [0.3, 0.4) is 0 Å². The molecule has 0 saturated carbocycles. The highest BCUT2D eigenvalue weighted by molar-refractivity contribution is 5.73. The number of anilines is 1. The number of pyridine rings is 1. The molecule has 0 aliphatic carbocycles. The second-order valence-corrected chi connectivity index (χ2v) is 3.51. The summed E-state index contributed by atoms with van der Waals surface area (Å²) in [5.74, 6) is 0.687. The van der Waals surface area contributed by atoms with Gasteiger partial charge in [-0.3, -0.25) is 9.78 Å². The Labute approximate surface area is 98.5 Å². The number of aromatic nitrogens is 3. The van der Waals surface area contributed by atoms with E-state index in [2.05, 4.69) is 25.6 Å². The molecule has 6 heteroatoms. The predicted octanol–water partition coefficient (Wildman–Crippen LogP) is 0.573. The summed E-state index contributed by atoms with van der Waals surface area (Å²) in [4.78, 5) is 23.2. The van der Waals surface area contributed by atoms with Gasteiger partial charge in [-0.15, -0.1) is 0 Å². The summed E-state index contributed by atoms with van der Waals surface area (Å²) in [6.45, 7) is 2.68. The molecule has 0 aromatic carbocycles. The molecule has 1 amide bonds. The molecule has 88 valence electrons. The molecule has 0 unspecified atom stereocenters. The van der Waals surface area contributed by atoms with Crippen LogP contribution in [0, 0.1) is 0 Å². The number of nitrogens with zero attached hydrogens (tertiary/aromatic N) is 3. The van der Waals surface area contributed by atoms with Gasteiger partial charge in [-0.05, 0) is 12.1 Å². The van der Waals surface area contributed by atoms with E-state index in [4.69, 9.17) is 0 Å². The Balaban J connectivity index is 1.97. The number of fused-ring (bicyclic) bond motifs is 1. The van der Waals surface area contributed by atoms with Crippen LogP contribution in [0.1, 0.15) is 6.92 Å². The topological polar surface area (TPSA) is 79.8 Å². The van der Waals surface area contributed by atoms with Gasteiger partial charge < -0.3 is 10.6 Å². The molecule has 0 saturated heterocycles. The highest BCUT2D eigenvalue weighted by atomic mass is 16.1. The third-order valence-corrected chi connectivity index (χ3v) is 2.14. The summed E-state index contributed by atoms with van der Waals surface area (Å²) >= 11 is 0. The number of carbonyl (C=O) groups is 1. The quantitative estimate of drug-likeness (QED) is 0.752. The number of hydrogen-bond donors (Lipinski definition) is 2. The molecule has 17 heavy (non-hydrogen) atoms. The van der Waals surface area contributed by atoms with Crippen molar-refractivity contribution in [3.05, 3.63) is 24.5 Å².